The molecule has 0 atom stereocenters. The van der Waals surface area contributed by atoms with Crippen LogP contribution in [0, 0.1) is 11.3 Å². The molecule has 0 fully saturated rings. The fraction of sp³-hybridized carbons (Fsp3) is 0. The molecule has 0 N–H and O–H groups in total. The molecule has 2 aromatic heterocycles. The largest absolute Gasteiger partial charge is 0.192 e. The van der Waals surface area contributed by atoms with Crippen LogP contribution in [0.3, 0.4) is 0 Å². The minimum atomic E-state index is 0.663. The van der Waals surface area contributed by atoms with Crippen molar-refractivity contribution in [1.82, 2.24) is 0 Å². The Labute approximate surface area is 309 Å². The molecule has 0 bridgehead atoms. The van der Waals surface area contributed by atoms with Crippen molar-refractivity contribution < 1.29 is 0 Å². The molecule has 52 heavy (non-hydrogen) atoms. The smallest absolute Gasteiger partial charge is 0.0998 e. The Morgan fingerprint density at radius 3 is 1.81 bits per heavy atom. The second kappa shape index (κ2) is 12.5. The van der Waals surface area contributed by atoms with E-state index in [2.05, 4.69) is 164 Å². The zero-order chi connectivity index (χ0) is 34.6. The first-order valence-electron chi connectivity index (χ1n) is 17.4. The molecule has 2 heterocycles. The fourth-order valence-corrected chi connectivity index (χ4v) is 10.00. The summed E-state index contributed by atoms with van der Waals surface area (Å²) in [6.45, 7) is 0. The number of nitriles is 1. The molecule has 0 aliphatic rings. The summed E-state index contributed by atoms with van der Waals surface area (Å²) in [4.78, 5) is 0. The Bertz CT molecular complexity index is 3030. The highest BCUT2D eigenvalue weighted by molar-refractivity contribution is 7.26. The molecular formula is C49H29NS2. The average molecular weight is 696 g/mol. The van der Waals surface area contributed by atoms with Gasteiger partial charge in [-0.2, -0.15) is 5.26 Å². The van der Waals surface area contributed by atoms with E-state index in [1.165, 1.54) is 68.2 Å². The Balaban J connectivity index is 1.32. The van der Waals surface area contributed by atoms with Gasteiger partial charge < -0.3 is 0 Å². The van der Waals surface area contributed by atoms with Crippen molar-refractivity contribution in [3.63, 3.8) is 0 Å². The Morgan fingerprint density at radius 1 is 0.346 bits per heavy atom. The van der Waals surface area contributed by atoms with Crippen LogP contribution in [0.5, 0.6) is 0 Å². The predicted octanol–water partition coefficient (Wildman–Crippen LogP) is 14.6. The minimum Gasteiger partial charge on any atom is -0.192 e. The second-order valence-corrected chi connectivity index (χ2v) is 15.3. The second-order valence-electron chi connectivity index (χ2n) is 13.1. The van der Waals surface area contributed by atoms with Crippen LogP contribution in [0.2, 0.25) is 0 Å². The summed E-state index contributed by atoms with van der Waals surface area (Å²) in [6.07, 6.45) is 0. The van der Waals surface area contributed by atoms with E-state index in [4.69, 9.17) is 0 Å². The molecule has 0 amide bonds. The van der Waals surface area contributed by atoms with Gasteiger partial charge in [-0.3, -0.25) is 0 Å². The maximum absolute atomic E-state index is 10.2. The first kappa shape index (κ1) is 30.5. The number of benzene rings is 8. The zero-order valence-electron chi connectivity index (χ0n) is 28.0. The molecule has 10 aromatic rings. The van der Waals surface area contributed by atoms with Crippen molar-refractivity contribution in [2.75, 3.05) is 0 Å². The van der Waals surface area contributed by atoms with Gasteiger partial charge in [0.05, 0.1) is 11.6 Å². The fourth-order valence-electron chi connectivity index (χ4n) is 7.78. The molecule has 1 nitrogen and oxygen atoms in total. The van der Waals surface area contributed by atoms with E-state index < -0.39 is 0 Å². The molecule has 0 unspecified atom stereocenters. The van der Waals surface area contributed by atoms with Gasteiger partial charge in [0.25, 0.3) is 0 Å². The van der Waals surface area contributed by atoms with Crippen LogP contribution in [0.25, 0.3) is 96.0 Å². The monoisotopic (exact) mass is 695 g/mol. The van der Waals surface area contributed by atoms with Crippen molar-refractivity contribution >= 4 is 63.0 Å². The molecule has 10 rings (SSSR count). The van der Waals surface area contributed by atoms with Gasteiger partial charge in [0, 0.05) is 40.3 Å². The summed E-state index contributed by atoms with van der Waals surface area (Å²) in [7, 11) is 0. The number of fused-ring (bicyclic) bond motifs is 6. The summed E-state index contributed by atoms with van der Waals surface area (Å²) >= 11 is 3.70. The van der Waals surface area contributed by atoms with E-state index in [-0.39, 0.29) is 0 Å². The van der Waals surface area contributed by atoms with Crippen molar-refractivity contribution in [2.45, 2.75) is 0 Å². The number of nitrogens with zero attached hydrogens (tertiary/aromatic N) is 1. The lowest BCUT2D eigenvalue weighted by molar-refractivity contribution is 1.47. The number of hydrogen-bond donors (Lipinski definition) is 0. The molecule has 242 valence electrons. The first-order chi connectivity index (χ1) is 25.7. The molecule has 0 saturated carbocycles. The van der Waals surface area contributed by atoms with Crippen molar-refractivity contribution in [1.29, 1.82) is 5.26 Å². The van der Waals surface area contributed by atoms with Crippen LogP contribution in [0.4, 0.5) is 0 Å². The maximum atomic E-state index is 10.2. The van der Waals surface area contributed by atoms with E-state index in [9.17, 15) is 5.26 Å². The molecule has 0 aliphatic heterocycles. The Morgan fingerprint density at radius 2 is 0.942 bits per heavy atom. The topological polar surface area (TPSA) is 23.8 Å². The van der Waals surface area contributed by atoms with Crippen LogP contribution < -0.4 is 0 Å². The van der Waals surface area contributed by atoms with E-state index in [0.29, 0.717) is 5.56 Å². The molecule has 0 radical (unpaired) electrons. The minimum absolute atomic E-state index is 0.663. The van der Waals surface area contributed by atoms with Gasteiger partial charge in [0.2, 0.25) is 0 Å². The van der Waals surface area contributed by atoms with Crippen molar-refractivity contribution in [3.8, 4) is 61.7 Å². The molecule has 0 saturated heterocycles. The molecule has 3 heteroatoms. The highest BCUT2D eigenvalue weighted by Crippen LogP contribution is 2.48. The van der Waals surface area contributed by atoms with Gasteiger partial charge in [0.1, 0.15) is 0 Å². The van der Waals surface area contributed by atoms with Gasteiger partial charge in [-0.1, -0.05) is 121 Å². The van der Waals surface area contributed by atoms with Gasteiger partial charge in [0.15, 0.2) is 0 Å². The molecule has 0 spiro atoms. The van der Waals surface area contributed by atoms with E-state index in [1.54, 1.807) is 0 Å². The number of hydrogen-bond acceptors (Lipinski definition) is 3. The molecule has 8 aromatic carbocycles. The summed E-state index contributed by atoms with van der Waals surface area (Å²) in [5.41, 5.74) is 11.9. The lowest BCUT2D eigenvalue weighted by Gasteiger charge is -2.19. The summed E-state index contributed by atoms with van der Waals surface area (Å²) in [6, 6.07) is 65.7. The number of rotatable bonds is 5. The average Bonchev–Trinajstić information content (AvgIpc) is 3.79. The quantitative estimate of drug-likeness (QED) is 0.176. The van der Waals surface area contributed by atoms with Crippen LogP contribution in [0.15, 0.2) is 176 Å². The molecule has 0 aliphatic carbocycles. The number of thiophene rings is 2. The van der Waals surface area contributed by atoms with Gasteiger partial charge >= 0.3 is 0 Å². The lowest BCUT2D eigenvalue weighted by atomic mass is 9.84. The summed E-state index contributed by atoms with van der Waals surface area (Å²) in [5.74, 6) is 0. The van der Waals surface area contributed by atoms with E-state index in [1.807, 2.05) is 40.9 Å². The standard InChI is InChI=1S/C49H29NS2/c50-30-33-14-4-5-15-37(33)35-26-34(31-12-2-1-3-13-31)27-36(28-35)48-38(32-24-25-46-43(29-32)39-16-6-8-21-44(39)51-46)18-10-19-40(48)41-20-11-23-47-49(41)42-17-7-9-22-45(42)52-47/h1-29H. The van der Waals surface area contributed by atoms with Gasteiger partial charge in [-0.05, 0) is 110 Å². The first-order valence-corrected chi connectivity index (χ1v) is 19.0. The van der Waals surface area contributed by atoms with Crippen LogP contribution in [-0.2, 0) is 0 Å². The maximum Gasteiger partial charge on any atom is 0.0998 e. The third kappa shape index (κ3) is 5.04. The summed E-state index contributed by atoms with van der Waals surface area (Å²) < 4.78 is 5.16. The van der Waals surface area contributed by atoms with Crippen molar-refractivity contribution in [3.05, 3.63) is 181 Å². The van der Waals surface area contributed by atoms with E-state index >= 15 is 0 Å². The van der Waals surface area contributed by atoms with Crippen LogP contribution in [-0.4, -0.2) is 0 Å². The van der Waals surface area contributed by atoms with Crippen LogP contribution in [0.1, 0.15) is 5.56 Å². The van der Waals surface area contributed by atoms with Gasteiger partial charge in [-0.25, -0.2) is 0 Å². The van der Waals surface area contributed by atoms with Gasteiger partial charge in [-0.15, -0.1) is 22.7 Å². The zero-order valence-corrected chi connectivity index (χ0v) is 29.6. The van der Waals surface area contributed by atoms with E-state index in [0.717, 1.165) is 27.8 Å². The third-order valence-corrected chi connectivity index (χ3v) is 12.4. The lowest BCUT2D eigenvalue weighted by Crippen LogP contribution is -1.94. The Hall–Kier alpha value is -6.31. The third-order valence-electron chi connectivity index (χ3n) is 10.1. The normalized spacial score (nSPS) is 11.4. The highest BCUT2D eigenvalue weighted by atomic mass is 32.1. The highest BCUT2D eigenvalue weighted by Gasteiger charge is 2.20. The Kier molecular flexibility index (Phi) is 7.32. The van der Waals surface area contributed by atoms with Crippen molar-refractivity contribution in [2.24, 2.45) is 0 Å². The SMILES string of the molecule is N#Cc1ccccc1-c1cc(-c2ccccc2)cc(-c2c(-c3ccc4sc5ccccc5c4c3)cccc2-c2cccc3sc4ccccc4c23)c1. The molecular weight excluding hydrogens is 667 g/mol. The van der Waals surface area contributed by atoms with Crippen LogP contribution >= 0.6 is 22.7 Å². The summed E-state index contributed by atoms with van der Waals surface area (Å²) in [5, 5.41) is 15.3. The predicted molar refractivity (Wildman–Crippen MR) is 224 cm³/mol.